The van der Waals surface area contributed by atoms with Crippen LogP contribution >= 0.6 is 0 Å². The van der Waals surface area contributed by atoms with Crippen molar-refractivity contribution in [1.82, 2.24) is 0 Å². The molecule has 7 nitrogen and oxygen atoms in total. The Morgan fingerprint density at radius 1 is 0.900 bits per heavy atom. The third kappa shape index (κ3) is 4.57. The second-order valence-corrected chi connectivity index (χ2v) is 6.97. The lowest BCUT2D eigenvalue weighted by atomic mass is 10.1. The van der Waals surface area contributed by atoms with Crippen LogP contribution in [0.15, 0.2) is 65.3 Å². The molecule has 30 heavy (non-hydrogen) atoms. The summed E-state index contributed by atoms with van der Waals surface area (Å²) in [6.07, 6.45) is 4.64. The predicted octanol–water partition coefficient (Wildman–Crippen LogP) is 3.82. The summed E-state index contributed by atoms with van der Waals surface area (Å²) < 4.78 is 10.1. The molecule has 0 spiro atoms. The highest BCUT2D eigenvalue weighted by Crippen LogP contribution is 2.24. The van der Waals surface area contributed by atoms with Gasteiger partial charge in [0.2, 0.25) is 0 Å². The Morgan fingerprint density at radius 3 is 2.43 bits per heavy atom. The lowest BCUT2D eigenvalue weighted by Gasteiger charge is -2.09. The average molecular weight is 404 g/mol. The number of fused-ring (bicyclic) bond motifs is 1. The molecule has 0 saturated carbocycles. The smallest absolute Gasteiger partial charge is 0.338 e. The summed E-state index contributed by atoms with van der Waals surface area (Å²) in [4.78, 5) is 36.2. The molecule has 2 amide bonds. The summed E-state index contributed by atoms with van der Waals surface area (Å²) in [5.41, 5.74) is 4.05. The molecule has 2 N–H and O–H groups in total. The van der Waals surface area contributed by atoms with E-state index in [1.165, 1.54) is 29.5 Å². The predicted molar refractivity (Wildman–Crippen MR) is 110 cm³/mol. The Kier molecular flexibility index (Phi) is 5.61. The number of hydrogen-bond acceptors (Lipinski definition) is 5. The summed E-state index contributed by atoms with van der Waals surface area (Å²) in [5.74, 6) is -1.22. The van der Waals surface area contributed by atoms with Crippen LogP contribution in [0.5, 0.6) is 0 Å². The number of esters is 1. The zero-order valence-electron chi connectivity index (χ0n) is 16.1. The van der Waals surface area contributed by atoms with Gasteiger partial charge in [0.25, 0.3) is 11.8 Å². The van der Waals surface area contributed by atoms with Gasteiger partial charge in [-0.15, -0.1) is 0 Å². The maximum absolute atomic E-state index is 12.2. The van der Waals surface area contributed by atoms with E-state index in [1.54, 1.807) is 24.3 Å². The zero-order valence-corrected chi connectivity index (χ0v) is 16.1. The Hall–Kier alpha value is -3.87. The molecule has 1 heterocycles. The van der Waals surface area contributed by atoms with Crippen molar-refractivity contribution in [2.75, 3.05) is 17.2 Å². The highest BCUT2D eigenvalue weighted by molar-refractivity contribution is 6.02. The van der Waals surface area contributed by atoms with Crippen LogP contribution in [0.2, 0.25) is 0 Å². The van der Waals surface area contributed by atoms with Gasteiger partial charge < -0.3 is 19.8 Å². The van der Waals surface area contributed by atoms with Crippen molar-refractivity contribution < 1.29 is 23.5 Å². The number of carbonyl (C=O) groups is 3. The molecule has 7 heteroatoms. The van der Waals surface area contributed by atoms with Crippen LogP contribution in [-0.4, -0.2) is 24.4 Å². The van der Waals surface area contributed by atoms with Gasteiger partial charge in [0.05, 0.1) is 11.8 Å². The van der Waals surface area contributed by atoms with Gasteiger partial charge in [0.1, 0.15) is 0 Å². The second-order valence-electron chi connectivity index (χ2n) is 6.97. The first-order chi connectivity index (χ1) is 14.6. The van der Waals surface area contributed by atoms with E-state index in [0.717, 1.165) is 19.3 Å². The Labute approximate surface area is 173 Å². The number of benzene rings is 2. The molecule has 2 aromatic carbocycles. The summed E-state index contributed by atoms with van der Waals surface area (Å²) >= 11 is 0. The molecule has 0 saturated heterocycles. The van der Waals surface area contributed by atoms with Crippen molar-refractivity contribution in [2.45, 2.75) is 19.3 Å². The largest absolute Gasteiger partial charge is 0.459 e. The molecule has 0 unspecified atom stereocenters. The van der Waals surface area contributed by atoms with Crippen LogP contribution in [0, 0.1) is 0 Å². The summed E-state index contributed by atoms with van der Waals surface area (Å²) in [6.45, 7) is -0.382. The second kappa shape index (κ2) is 8.65. The first kappa shape index (κ1) is 19.4. The minimum atomic E-state index is -0.622. The van der Waals surface area contributed by atoms with Gasteiger partial charge in [-0.25, -0.2) is 4.79 Å². The third-order valence-electron chi connectivity index (χ3n) is 4.84. The first-order valence-electron chi connectivity index (χ1n) is 9.62. The van der Waals surface area contributed by atoms with Crippen molar-refractivity contribution in [3.05, 3.63) is 83.3 Å². The van der Waals surface area contributed by atoms with E-state index in [0.29, 0.717) is 11.4 Å². The SMILES string of the molecule is O=C(COC(=O)c1ccc(NC(=O)c2ccco2)cc1)Nc1ccc2c(c1)CCC2. The van der Waals surface area contributed by atoms with Gasteiger partial charge in [-0.05, 0) is 78.9 Å². The van der Waals surface area contributed by atoms with Gasteiger partial charge in [-0.3, -0.25) is 9.59 Å². The van der Waals surface area contributed by atoms with Crippen molar-refractivity contribution in [3.8, 4) is 0 Å². The third-order valence-corrected chi connectivity index (χ3v) is 4.84. The molecule has 1 aromatic heterocycles. The number of ether oxygens (including phenoxy) is 1. The van der Waals surface area contributed by atoms with Crippen LogP contribution in [0.25, 0.3) is 0 Å². The van der Waals surface area contributed by atoms with Crippen molar-refractivity contribution in [1.29, 1.82) is 0 Å². The van der Waals surface area contributed by atoms with Gasteiger partial charge in [0, 0.05) is 11.4 Å². The van der Waals surface area contributed by atoms with E-state index < -0.39 is 17.8 Å². The minimum absolute atomic E-state index is 0.188. The highest BCUT2D eigenvalue weighted by Gasteiger charge is 2.14. The van der Waals surface area contributed by atoms with E-state index >= 15 is 0 Å². The summed E-state index contributed by atoms with van der Waals surface area (Å²) in [6, 6.07) is 15.2. The summed E-state index contributed by atoms with van der Waals surface area (Å²) in [5, 5.41) is 5.41. The monoisotopic (exact) mass is 404 g/mol. The number of rotatable bonds is 6. The molecular weight excluding hydrogens is 384 g/mol. The standard InChI is InChI=1S/C23H20N2O5/c26-21(24-19-11-6-15-3-1-4-17(15)13-19)14-30-23(28)16-7-9-18(10-8-16)25-22(27)20-5-2-12-29-20/h2,5-13H,1,3-4,14H2,(H,24,26)(H,25,27). The van der Waals surface area contributed by atoms with Crippen molar-refractivity contribution in [3.63, 3.8) is 0 Å². The fourth-order valence-electron chi connectivity index (χ4n) is 3.35. The average Bonchev–Trinajstić information content (AvgIpc) is 3.44. The molecule has 3 aromatic rings. The van der Waals surface area contributed by atoms with Crippen molar-refractivity contribution in [2.24, 2.45) is 0 Å². The van der Waals surface area contributed by atoms with Crippen LogP contribution < -0.4 is 10.6 Å². The number of anilines is 2. The quantitative estimate of drug-likeness (QED) is 0.609. The molecule has 0 atom stereocenters. The first-order valence-corrected chi connectivity index (χ1v) is 9.62. The number of nitrogens with one attached hydrogen (secondary N) is 2. The number of amides is 2. The van der Waals surface area contributed by atoms with E-state index in [9.17, 15) is 14.4 Å². The lowest BCUT2D eigenvalue weighted by molar-refractivity contribution is -0.119. The van der Waals surface area contributed by atoms with E-state index in [2.05, 4.69) is 10.6 Å². The van der Waals surface area contributed by atoms with Crippen LogP contribution in [0.1, 0.15) is 38.5 Å². The maximum atomic E-state index is 12.2. The van der Waals surface area contributed by atoms with Crippen LogP contribution in [-0.2, 0) is 22.4 Å². The van der Waals surface area contributed by atoms with Gasteiger partial charge in [-0.2, -0.15) is 0 Å². The maximum Gasteiger partial charge on any atom is 0.338 e. The fraction of sp³-hybridized carbons (Fsp3) is 0.174. The fourth-order valence-corrected chi connectivity index (χ4v) is 3.35. The molecule has 1 aliphatic rings. The number of hydrogen-bond donors (Lipinski definition) is 2. The Bertz CT molecular complexity index is 1070. The molecule has 0 fully saturated rings. The number of furan rings is 1. The molecule has 1 aliphatic carbocycles. The normalized spacial score (nSPS) is 12.1. The topological polar surface area (TPSA) is 97.6 Å². The number of aryl methyl sites for hydroxylation is 2. The lowest BCUT2D eigenvalue weighted by Crippen LogP contribution is -2.21. The molecule has 0 radical (unpaired) electrons. The Morgan fingerprint density at radius 2 is 1.67 bits per heavy atom. The molecule has 4 rings (SSSR count). The highest BCUT2D eigenvalue weighted by atomic mass is 16.5. The van der Waals surface area contributed by atoms with Crippen LogP contribution in [0.3, 0.4) is 0 Å². The minimum Gasteiger partial charge on any atom is -0.459 e. The summed E-state index contributed by atoms with van der Waals surface area (Å²) in [7, 11) is 0. The zero-order chi connectivity index (χ0) is 20.9. The number of carbonyl (C=O) groups excluding carboxylic acids is 3. The van der Waals surface area contributed by atoms with Gasteiger partial charge in [-0.1, -0.05) is 6.07 Å². The Balaban J connectivity index is 1.27. The van der Waals surface area contributed by atoms with Crippen LogP contribution in [0.4, 0.5) is 11.4 Å². The molecular formula is C23H20N2O5. The molecule has 0 bridgehead atoms. The van der Waals surface area contributed by atoms with E-state index in [4.69, 9.17) is 9.15 Å². The van der Waals surface area contributed by atoms with E-state index in [-0.39, 0.29) is 17.9 Å². The van der Waals surface area contributed by atoms with E-state index in [1.807, 2.05) is 18.2 Å². The van der Waals surface area contributed by atoms with Gasteiger partial charge in [0.15, 0.2) is 12.4 Å². The van der Waals surface area contributed by atoms with Crippen molar-refractivity contribution >= 4 is 29.2 Å². The van der Waals surface area contributed by atoms with Gasteiger partial charge >= 0.3 is 5.97 Å². The molecule has 152 valence electrons. The molecule has 0 aliphatic heterocycles.